The molecule has 2 amide bonds. The molecule has 1 aliphatic heterocycles. The van der Waals surface area contributed by atoms with Gasteiger partial charge in [-0.1, -0.05) is 33.8 Å². The molecule has 1 aromatic carbocycles. The highest BCUT2D eigenvalue weighted by molar-refractivity contribution is 7.09. The van der Waals surface area contributed by atoms with Crippen LogP contribution in [0.4, 0.5) is 0 Å². The molecule has 0 aliphatic carbocycles. The van der Waals surface area contributed by atoms with Crippen LogP contribution in [0.15, 0.2) is 35.7 Å². The van der Waals surface area contributed by atoms with Crippen LogP contribution in [0.2, 0.25) is 0 Å². The lowest BCUT2D eigenvalue weighted by molar-refractivity contribution is -0.136. The average molecular weight is 539 g/mol. The van der Waals surface area contributed by atoms with Gasteiger partial charge in [-0.3, -0.25) is 9.59 Å². The lowest BCUT2D eigenvalue weighted by Crippen LogP contribution is -2.51. The molecule has 206 valence electrons. The van der Waals surface area contributed by atoms with Gasteiger partial charge in [0, 0.05) is 43.1 Å². The van der Waals surface area contributed by atoms with E-state index in [-0.39, 0.29) is 23.8 Å². The van der Waals surface area contributed by atoms with Crippen LogP contribution in [0, 0.1) is 5.92 Å². The Morgan fingerprint density at radius 1 is 1.16 bits per heavy atom. The second kappa shape index (κ2) is 12.9. The molecule has 0 spiro atoms. The Labute approximate surface area is 230 Å². The number of imidazole rings is 1. The minimum Gasteiger partial charge on any atom is -0.381 e. The van der Waals surface area contributed by atoms with Crippen molar-refractivity contribution in [2.45, 2.75) is 84.4 Å². The van der Waals surface area contributed by atoms with Crippen molar-refractivity contribution in [2.75, 3.05) is 20.2 Å². The largest absolute Gasteiger partial charge is 0.381 e. The summed E-state index contributed by atoms with van der Waals surface area (Å²) < 4.78 is 7.81. The molecular weight excluding hydrogens is 496 g/mol. The van der Waals surface area contributed by atoms with Crippen LogP contribution in [-0.4, -0.2) is 58.6 Å². The summed E-state index contributed by atoms with van der Waals surface area (Å²) in [7, 11) is 1.72. The number of methoxy groups -OCH3 is 1. The van der Waals surface area contributed by atoms with Crippen LogP contribution < -0.4 is 5.32 Å². The number of thiophene rings is 1. The Balaban J connectivity index is 1.57. The van der Waals surface area contributed by atoms with Gasteiger partial charge < -0.3 is 19.5 Å². The molecule has 1 N–H and O–H groups in total. The Bertz CT molecular complexity index is 1210. The Morgan fingerprint density at radius 3 is 2.50 bits per heavy atom. The van der Waals surface area contributed by atoms with Crippen molar-refractivity contribution >= 4 is 34.2 Å². The van der Waals surface area contributed by atoms with Crippen LogP contribution in [-0.2, 0) is 16.0 Å². The fraction of sp³-hybridized carbons (Fsp3) is 0.567. The standard InChI is InChI=1S/C30H42N4O3S/c1-6-22(7-2)34-27-11-10-21(18-25(27)31-28(34)19-24-9-8-16-38-24)29(35)32-26(17-20(3)4)30(36)33-14-12-23(37-5)13-15-33/h8-11,16,18,20,22-23,26H,6-7,12-15,17,19H2,1-5H3,(H,32,35)/t26-/m0/s1. The van der Waals surface area contributed by atoms with Crippen LogP contribution in [0.25, 0.3) is 11.0 Å². The number of ether oxygens (including phenoxy) is 1. The summed E-state index contributed by atoms with van der Waals surface area (Å²) in [5.74, 6) is 1.08. The zero-order valence-corrected chi connectivity index (χ0v) is 24.2. The van der Waals surface area contributed by atoms with Gasteiger partial charge in [-0.25, -0.2) is 4.98 Å². The van der Waals surface area contributed by atoms with Gasteiger partial charge in [0.1, 0.15) is 11.9 Å². The molecule has 2 aromatic heterocycles. The number of carbonyl (C=O) groups excluding carboxylic acids is 2. The number of nitrogens with zero attached hydrogens (tertiary/aromatic N) is 3. The minimum absolute atomic E-state index is 0.000994. The maximum Gasteiger partial charge on any atom is 0.252 e. The molecule has 38 heavy (non-hydrogen) atoms. The second-order valence-corrected chi connectivity index (χ2v) is 11.8. The Morgan fingerprint density at radius 2 is 1.89 bits per heavy atom. The molecule has 0 radical (unpaired) electrons. The molecule has 0 bridgehead atoms. The third kappa shape index (κ3) is 6.46. The number of carbonyl (C=O) groups is 2. The molecule has 3 aromatic rings. The maximum absolute atomic E-state index is 13.4. The fourth-order valence-corrected chi connectivity index (χ4v) is 6.21. The fourth-order valence-electron chi connectivity index (χ4n) is 5.51. The highest BCUT2D eigenvalue weighted by Gasteiger charge is 2.30. The average Bonchev–Trinajstić information content (AvgIpc) is 3.56. The van der Waals surface area contributed by atoms with Crippen LogP contribution in [0.5, 0.6) is 0 Å². The van der Waals surface area contributed by atoms with E-state index in [0.29, 0.717) is 31.1 Å². The lowest BCUT2D eigenvalue weighted by atomic mass is 10.00. The molecule has 1 saturated heterocycles. The predicted octanol–water partition coefficient (Wildman–Crippen LogP) is 5.83. The van der Waals surface area contributed by atoms with Crippen LogP contribution >= 0.6 is 11.3 Å². The monoisotopic (exact) mass is 538 g/mol. The Kier molecular flexibility index (Phi) is 9.60. The topological polar surface area (TPSA) is 76.5 Å². The number of hydrogen-bond donors (Lipinski definition) is 1. The van der Waals surface area contributed by atoms with E-state index < -0.39 is 6.04 Å². The van der Waals surface area contributed by atoms with Crippen LogP contribution in [0.1, 0.15) is 86.9 Å². The van der Waals surface area contributed by atoms with Gasteiger partial charge in [0.05, 0.1) is 17.1 Å². The minimum atomic E-state index is -0.547. The molecule has 7 nitrogen and oxygen atoms in total. The number of amides is 2. The number of fused-ring (bicyclic) bond motifs is 1. The SMILES string of the molecule is CCC(CC)n1c(Cc2cccs2)nc2cc(C(=O)N[C@@H](CC(C)C)C(=O)N3CCC(OC)CC3)ccc21. The summed E-state index contributed by atoms with van der Waals surface area (Å²) in [6.45, 7) is 9.90. The summed E-state index contributed by atoms with van der Waals surface area (Å²) in [6.07, 6.45) is 5.27. The van der Waals surface area contributed by atoms with Crippen molar-refractivity contribution in [3.8, 4) is 0 Å². The zero-order valence-electron chi connectivity index (χ0n) is 23.4. The summed E-state index contributed by atoms with van der Waals surface area (Å²) in [4.78, 5) is 35.0. The smallest absolute Gasteiger partial charge is 0.252 e. The van der Waals surface area contributed by atoms with Gasteiger partial charge in [-0.15, -0.1) is 11.3 Å². The van der Waals surface area contributed by atoms with Crippen LogP contribution in [0.3, 0.4) is 0 Å². The summed E-state index contributed by atoms with van der Waals surface area (Å²) in [5, 5.41) is 5.15. The number of hydrogen-bond acceptors (Lipinski definition) is 5. The normalized spacial score (nSPS) is 15.5. The molecule has 0 unspecified atom stereocenters. The molecule has 0 saturated carbocycles. The first-order valence-electron chi connectivity index (χ1n) is 14.0. The van der Waals surface area contributed by atoms with E-state index in [9.17, 15) is 9.59 Å². The summed E-state index contributed by atoms with van der Waals surface area (Å²) >= 11 is 1.74. The van der Waals surface area contributed by atoms with Gasteiger partial charge >= 0.3 is 0 Å². The van der Waals surface area contributed by atoms with Gasteiger partial charge in [0.15, 0.2) is 0 Å². The number of likely N-dealkylation sites (tertiary alicyclic amines) is 1. The molecule has 1 fully saturated rings. The first-order chi connectivity index (χ1) is 18.3. The van der Waals surface area contributed by atoms with Crippen molar-refractivity contribution in [3.63, 3.8) is 0 Å². The van der Waals surface area contributed by atoms with Crippen molar-refractivity contribution in [1.29, 1.82) is 0 Å². The van der Waals surface area contributed by atoms with E-state index in [1.54, 1.807) is 18.4 Å². The molecule has 8 heteroatoms. The summed E-state index contributed by atoms with van der Waals surface area (Å²) in [6, 6.07) is 9.78. The van der Waals surface area contributed by atoms with Gasteiger partial charge in [0.25, 0.3) is 5.91 Å². The molecule has 1 atom stereocenters. The van der Waals surface area contributed by atoms with E-state index in [4.69, 9.17) is 9.72 Å². The van der Waals surface area contributed by atoms with Crippen molar-refractivity contribution in [3.05, 3.63) is 52.0 Å². The lowest BCUT2D eigenvalue weighted by Gasteiger charge is -2.34. The first-order valence-corrected chi connectivity index (χ1v) is 14.9. The third-order valence-electron chi connectivity index (χ3n) is 7.64. The third-order valence-corrected chi connectivity index (χ3v) is 8.52. The zero-order chi connectivity index (χ0) is 27.2. The summed E-state index contributed by atoms with van der Waals surface area (Å²) in [5.41, 5.74) is 2.41. The van der Waals surface area contributed by atoms with Crippen molar-refractivity contribution in [1.82, 2.24) is 19.8 Å². The second-order valence-electron chi connectivity index (χ2n) is 10.7. The predicted molar refractivity (Wildman–Crippen MR) is 154 cm³/mol. The first kappa shape index (κ1) is 28.3. The van der Waals surface area contributed by atoms with E-state index >= 15 is 0 Å². The Hall–Kier alpha value is -2.71. The van der Waals surface area contributed by atoms with Crippen molar-refractivity contribution in [2.24, 2.45) is 5.92 Å². The van der Waals surface area contributed by atoms with Gasteiger partial charge in [-0.05, 0) is 67.7 Å². The highest BCUT2D eigenvalue weighted by atomic mass is 32.1. The molecular formula is C30H42N4O3S. The quantitative estimate of drug-likeness (QED) is 0.333. The van der Waals surface area contributed by atoms with E-state index in [2.05, 4.69) is 55.1 Å². The number of aromatic nitrogens is 2. The number of piperidine rings is 1. The van der Waals surface area contributed by atoms with Crippen molar-refractivity contribution < 1.29 is 14.3 Å². The van der Waals surface area contributed by atoms with Gasteiger partial charge in [-0.2, -0.15) is 0 Å². The van der Waals surface area contributed by atoms with Gasteiger partial charge in [0.2, 0.25) is 5.91 Å². The highest BCUT2D eigenvalue weighted by Crippen LogP contribution is 2.28. The number of rotatable bonds is 11. The number of benzene rings is 1. The molecule has 4 rings (SSSR count). The van der Waals surface area contributed by atoms with E-state index in [1.165, 1.54) is 4.88 Å². The van der Waals surface area contributed by atoms with E-state index in [0.717, 1.165) is 49.0 Å². The molecule has 1 aliphatic rings. The number of nitrogens with one attached hydrogen (secondary N) is 1. The van der Waals surface area contributed by atoms with E-state index in [1.807, 2.05) is 23.1 Å². The molecule has 3 heterocycles. The maximum atomic E-state index is 13.4.